The monoisotopic (exact) mass is 224 g/mol. The molecule has 0 heterocycles. The maximum absolute atomic E-state index is 8.88. The topological polar surface area (TPSA) is 27.0 Å². The molecule has 0 amide bonds. The van der Waals surface area contributed by atoms with Crippen molar-refractivity contribution in [3.8, 4) is 6.07 Å². The van der Waals surface area contributed by atoms with E-state index < -0.39 is 0 Å². The van der Waals surface area contributed by atoms with Crippen molar-refractivity contribution in [1.29, 1.82) is 5.26 Å². The Labute approximate surface area is 102 Å². The first-order chi connectivity index (χ1) is 8.22. The highest BCUT2D eigenvalue weighted by Gasteiger charge is 2.13. The van der Waals surface area contributed by atoms with Crippen molar-refractivity contribution < 1.29 is 0 Å². The van der Waals surface area contributed by atoms with Crippen LogP contribution in [0.3, 0.4) is 0 Å². The summed E-state index contributed by atoms with van der Waals surface area (Å²) in [6, 6.07) is 17.1. The maximum atomic E-state index is 8.88. The molecular formula is C15H16N2. The molecule has 17 heavy (non-hydrogen) atoms. The molecule has 0 aliphatic carbocycles. The zero-order valence-electron chi connectivity index (χ0n) is 10.2. The first kappa shape index (κ1) is 11.6. The summed E-state index contributed by atoms with van der Waals surface area (Å²) in [5.74, 6) is 0. The Morgan fingerprint density at radius 1 is 1.12 bits per heavy atom. The van der Waals surface area contributed by atoms with E-state index in [0.717, 1.165) is 0 Å². The van der Waals surface area contributed by atoms with E-state index in [-0.39, 0.29) is 6.04 Å². The fraction of sp³-hybridized carbons (Fsp3) is 0.267. The number of nitrogens with zero attached hydrogens (tertiary/aromatic N) is 2. The van der Waals surface area contributed by atoms with Crippen molar-refractivity contribution in [2.75, 3.05) is 14.1 Å². The summed E-state index contributed by atoms with van der Waals surface area (Å²) in [6.07, 6.45) is 0.519. The second kappa shape index (κ2) is 4.99. The van der Waals surface area contributed by atoms with Crippen molar-refractivity contribution in [3.63, 3.8) is 0 Å². The van der Waals surface area contributed by atoms with Crippen LogP contribution in [0.5, 0.6) is 0 Å². The molecule has 1 atom stereocenters. The normalized spacial score (nSPS) is 12.6. The Hall–Kier alpha value is -1.85. The van der Waals surface area contributed by atoms with Gasteiger partial charge in [-0.25, -0.2) is 0 Å². The Bertz CT molecular complexity index is 552. The SMILES string of the molecule is CN(C)C(CC#N)c1ccc2ccccc2c1. The highest BCUT2D eigenvalue weighted by atomic mass is 15.1. The summed E-state index contributed by atoms with van der Waals surface area (Å²) in [5, 5.41) is 11.4. The molecule has 1 unspecified atom stereocenters. The van der Waals surface area contributed by atoms with Crippen LogP contribution in [0.4, 0.5) is 0 Å². The number of nitriles is 1. The summed E-state index contributed by atoms with van der Waals surface area (Å²) in [7, 11) is 4.02. The van der Waals surface area contributed by atoms with Gasteiger partial charge in [0.2, 0.25) is 0 Å². The van der Waals surface area contributed by atoms with E-state index in [0.29, 0.717) is 6.42 Å². The van der Waals surface area contributed by atoms with E-state index in [1.807, 2.05) is 26.2 Å². The number of fused-ring (bicyclic) bond motifs is 1. The van der Waals surface area contributed by atoms with Crippen LogP contribution in [0.15, 0.2) is 42.5 Å². The van der Waals surface area contributed by atoms with Gasteiger partial charge in [0, 0.05) is 6.04 Å². The number of hydrogen-bond acceptors (Lipinski definition) is 2. The lowest BCUT2D eigenvalue weighted by molar-refractivity contribution is 0.303. The van der Waals surface area contributed by atoms with Crippen LogP contribution in [0.25, 0.3) is 10.8 Å². The summed E-state index contributed by atoms with van der Waals surface area (Å²) in [5.41, 5.74) is 1.20. The second-order valence-electron chi connectivity index (χ2n) is 4.45. The van der Waals surface area contributed by atoms with Gasteiger partial charge >= 0.3 is 0 Å². The number of benzene rings is 2. The zero-order chi connectivity index (χ0) is 12.3. The van der Waals surface area contributed by atoms with Gasteiger partial charge in [0.05, 0.1) is 12.5 Å². The minimum Gasteiger partial charge on any atom is -0.301 e. The molecule has 0 bridgehead atoms. The van der Waals surface area contributed by atoms with Gasteiger partial charge in [0.1, 0.15) is 0 Å². The summed E-state index contributed by atoms with van der Waals surface area (Å²) in [6.45, 7) is 0. The molecule has 0 spiro atoms. The molecule has 86 valence electrons. The lowest BCUT2D eigenvalue weighted by atomic mass is 9.99. The first-order valence-corrected chi connectivity index (χ1v) is 5.74. The Balaban J connectivity index is 2.44. The number of hydrogen-bond donors (Lipinski definition) is 0. The third kappa shape index (κ3) is 2.46. The lowest BCUT2D eigenvalue weighted by Gasteiger charge is -2.22. The highest BCUT2D eigenvalue weighted by molar-refractivity contribution is 5.83. The second-order valence-corrected chi connectivity index (χ2v) is 4.45. The van der Waals surface area contributed by atoms with Gasteiger partial charge in [0.25, 0.3) is 0 Å². The average molecular weight is 224 g/mol. The van der Waals surface area contributed by atoms with E-state index in [1.54, 1.807) is 0 Å². The molecule has 0 fully saturated rings. The third-order valence-electron chi connectivity index (χ3n) is 3.07. The van der Waals surface area contributed by atoms with Gasteiger partial charge in [-0.05, 0) is 36.5 Å². The van der Waals surface area contributed by atoms with Crippen molar-refractivity contribution in [1.82, 2.24) is 4.90 Å². The van der Waals surface area contributed by atoms with E-state index >= 15 is 0 Å². The number of rotatable bonds is 3. The first-order valence-electron chi connectivity index (χ1n) is 5.74. The van der Waals surface area contributed by atoms with Crippen LogP contribution in [-0.2, 0) is 0 Å². The van der Waals surface area contributed by atoms with E-state index in [9.17, 15) is 0 Å². The van der Waals surface area contributed by atoms with Crippen molar-refractivity contribution in [2.45, 2.75) is 12.5 Å². The maximum Gasteiger partial charge on any atom is 0.0641 e. The minimum atomic E-state index is 0.171. The zero-order valence-corrected chi connectivity index (χ0v) is 10.2. The predicted molar refractivity (Wildman–Crippen MR) is 70.6 cm³/mol. The van der Waals surface area contributed by atoms with Gasteiger partial charge in [0.15, 0.2) is 0 Å². The fourth-order valence-electron chi connectivity index (χ4n) is 2.10. The molecule has 2 rings (SSSR count). The minimum absolute atomic E-state index is 0.171. The fourth-order valence-corrected chi connectivity index (χ4v) is 2.10. The standard InChI is InChI=1S/C15H16N2/c1-17(2)15(9-10-16)14-8-7-12-5-3-4-6-13(12)11-14/h3-8,11,15H,9H2,1-2H3. The van der Waals surface area contributed by atoms with Crippen LogP contribution in [0, 0.1) is 11.3 Å². The Morgan fingerprint density at radius 2 is 1.82 bits per heavy atom. The molecular weight excluding hydrogens is 208 g/mol. The highest BCUT2D eigenvalue weighted by Crippen LogP contribution is 2.25. The molecule has 2 nitrogen and oxygen atoms in total. The van der Waals surface area contributed by atoms with Crippen LogP contribution in [0.1, 0.15) is 18.0 Å². The quantitative estimate of drug-likeness (QED) is 0.799. The van der Waals surface area contributed by atoms with Gasteiger partial charge < -0.3 is 4.90 Å². The smallest absolute Gasteiger partial charge is 0.0641 e. The van der Waals surface area contributed by atoms with Gasteiger partial charge in [-0.3, -0.25) is 0 Å². The molecule has 0 aliphatic heterocycles. The van der Waals surface area contributed by atoms with Gasteiger partial charge in [-0.1, -0.05) is 36.4 Å². The molecule has 2 heteroatoms. The predicted octanol–water partition coefficient (Wildman–Crippen LogP) is 3.36. The molecule has 0 saturated carbocycles. The Kier molecular flexibility index (Phi) is 3.41. The lowest BCUT2D eigenvalue weighted by Crippen LogP contribution is -2.19. The molecule has 2 aromatic rings. The van der Waals surface area contributed by atoms with E-state index in [4.69, 9.17) is 5.26 Å². The van der Waals surface area contributed by atoms with E-state index in [1.165, 1.54) is 16.3 Å². The third-order valence-corrected chi connectivity index (χ3v) is 3.07. The summed E-state index contributed by atoms with van der Waals surface area (Å²) < 4.78 is 0. The van der Waals surface area contributed by atoms with Gasteiger partial charge in [-0.2, -0.15) is 5.26 Å². The molecule has 0 aromatic heterocycles. The molecule has 2 aromatic carbocycles. The van der Waals surface area contributed by atoms with E-state index in [2.05, 4.69) is 41.3 Å². The van der Waals surface area contributed by atoms with Crippen LogP contribution < -0.4 is 0 Å². The Morgan fingerprint density at radius 3 is 2.47 bits per heavy atom. The summed E-state index contributed by atoms with van der Waals surface area (Å²) >= 11 is 0. The molecule has 0 saturated heterocycles. The van der Waals surface area contributed by atoms with Crippen LogP contribution in [0.2, 0.25) is 0 Å². The van der Waals surface area contributed by atoms with Gasteiger partial charge in [-0.15, -0.1) is 0 Å². The van der Waals surface area contributed by atoms with Crippen LogP contribution >= 0.6 is 0 Å². The van der Waals surface area contributed by atoms with Crippen molar-refractivity contribution >= 4 is 10.8 Å². The average Bonchev–Trinajstić information content (AvgIpc) is 2.35. The molecule has 0 N–H and O–H groups in total. The molecule has 0 radical (unpaired) electrons. The van der Waals surface area contributed by atoms with Crippen LogP contribution in [-0.4, -0.2) is 19.0 Å². The van der Waals surface area contributed by atoms with Crippen molar-refractivity contribution in [2.24, 2.45) is 0 Å². The summed E-state index contributed by atoms with van der Waals surface area (Å²) in [4.78, 5) is 2.09. The molecule has 0 aliphatic rings. The largest absolute Gasteiger partial charge is 0.301 e. The van der Waals surface area contributed by atoms with Crippen molar-refractivity contribution in [3.05, 3.63) is 48.0 Å².